The monoisotopic (exact) mass is 492 g/mol. The van der Waals surface area contributed by atoms with Crippen LogP contribution in [0.5, 0.6) is 11.5 Å². The number of benzene rings is 3. The van der Waals surface area contributed by atoms with Gasteiger partial charge in [-0.25, -0.2) is 0 Å². The van der Waals surface area contributed by atoms with Crippen LogP contribution in [0.4, 0.5) is 0 Å². The molecule has 0 bridgehead atoms. The van der Waals surface area contributed by atoms with Crippen molar-refractivity contribution in [3.05, 3.63) is 91.4 Å². The summed E-state index contributed by atoms with van der Waals surface area (Å²) in [5, 5.41) is 19.1. The van der Waals surface area contributed by atoms with Crippen LogP contribution in [0.15, 0.2) is 54.6 Å². The van der Waals surface area contributed by atoms with Crippen molar-refractivity contribution in [2.75, 3.05) is 0 Å². The van der Waals surface area contributed by atoms with Crippen LogP contribution in [0.3, 0.4) is 0 Å². The van der Waals surface area contributed by atoms with E-state index in [9.17, 15) is 23.2 Å². The highest BCUT2D eigenvalue weighted by Crippen LogP contribution is 2.54. The van der Waals surface area contributed by atoms with E-state index in [0.717, 1.165) is 6.07 Å². The Bertz CT molecular complexity index is 1210. The molecule has 152 valence electrons. The first kappa shape index (κ1) is 22.0. The van der Waals surface area contributed by atoms with Crippen LogP contribution in [0.25, 0.3) is 0 Å². The van der Waals surface area contributed by atoms with Gasteiger partial charge < -0.3 is 10.2 Å². The number of halogens is 4. The first-order valence-corrected chi connectivity index (χ1v) is 10.9. The zero-order valence-corrected chi connectivity index (χ0v) is 18.1. The highest BCUT2D eigenvalue weighted by Gasteiger charge is 2.53. The maximum absolute atomic E-state index is 13.0. The van der Waals surface area contributed by atoms with Gasteiger partial charge in [0.15, 0.2) is 4.75 Å². The third kappa shape index (κ3) is 3.54. The highest BCUT2D eigenvalue weighted by molar-refractivity contribution is 7.87. The molecule has 0 aliphatic heterocycles. The summed E-state index contributed by atoms with van der Waals surface area (Å²) in [6, 6.07) is 11.7. The molecular formula is C19H12Cl4O5S. The fourth-order valence-electron chi connectivity index (χ4n) is 3.22. The fraction of sp³-hybridized carbons (Fsp3) is 0.0526. The molecule has 0 amide bonds. The lowest BCUT2D eigenvalue weighted by Crippen LogP contribution is -2.39. The third-order valence-electron chi connectivity index (χ3n) is 4.39. The summed E-state index contributed by atoms with van der Waals surface area (Å²) in [4.78, 5) is 0. The van der Waals surface area contributed by atoms with Gasteiger partial charge in [-0.3, -0.25) is 4.55 Å². The van der Waals surface area contributed by atoms with E-state index in [2.05, 4.69) is 0 Å². The van der Waals surface area contributed by atoms with Gasteiger partial charge in [0.2, 0.25) is 0 Å². The standard InChI is InChI=1S/C19H12Cl4O5S/c20-13-4-2-1-3-11(13)19(29(26,27)28,12-6-5-10(24)9-15(12)22)17-14(21)7-8-16(25)18(17)23/h1-9,24-25H,(H,26,27,28). The van der Waals surface area contributed by atoms with Gasteiger partial charge in [-0.15, -0.1) is 0 Å². The predicted molar refractivity (Wildman–Crippen MR) is 114 cm³/mol. The Morgan fingerprint density at radius 1 is 0.759 bits per heavy atom. The largest absolute Gasteiger partial charge is 0.508 e. The number of hydrogen-bond donors (Lipinski definition) is 3. The molecule has 10 heteroatoms. The maximum atomic E-state index is 13.0. The summed E-state index contributed by atoms with van der Waals surface area (Å²) in [6.07, 6.45) is 0. The molecule has 5 nitrogen and oxygen atoms in total. The number of rotatable bonds is 4. The summed E-state index contributed by atoms with van der Waals surface area (Å²) >= 11 is 25.2. The van der Waals surface area contributed by atoms with E-state index >= 15 is 0 Å². The first-order valence-electron chi connectivity index (χ1n) is 7.90. The van der Waals surface area contributed by atoms with Gasteiger partial charge in [-0.1, -0.05) is 70.7 Å². The average molecular weight is 494 g/mol. The highest BCUT2D eigenvalue weighted by atomic mass is 35.5. The molecule has 0 heterocycles. The normalized spacial score (nSPS) is 13.8. The van der Waals surface area contributed by atoms with Crippen molar-refractivity contribution in [3.8, 4) is 11.5 Å². The molecule has 3 aromatic carbocycles. The van der Waals surface area contributed by atoms with Crippen LogP contribution in [0.2, 0.25) is 20.1 Å². The minimum Gasteiger partial charge on any atom is -0.508 e. The smallest absolute Gasteiger partial charge is 0.283 e. The second-order valence-corrected chi connectivity index (χ2v) is 9.22. The molecule has 29 heavy (non-hydrogen) atoms. The van der Waals surface area contributed by atoms with Crippen LogP contribution >= 0.6 is 46.4 Å². The first-order chi connectivity index (χ1) is 13.5. The van der Waals surface area contributed by atoms with Gasteiger partial charge in [0.25, 0.3) is 10.1 Å². The summed E-state index contributed by atoms with van der Waals surface area (Å²) < 4.78 is 34.1. The van der Waals surface area contributed by atoms with Crippen LogP contribution in [-0.4, -0.2) is 23.2 Å². The molecular weight excluding hydrogens is 482 g/mol. The van der Waals surface area contributed by atoms with Crippen LogP contribution in [0, 0.1) is 0 Å². The summed E-state index contributed by atoms with van der Waals surface area (Å²) in [6.45, 7) is 0. The lowest BCUT2D eigenvalue weighted by atomic mass is 9.83. The molecule has 0 saturated carbocycles. The second-order valence-electron chi connectivity index (χ2n) is 6.06. The number of phenols is 2. The molecule has 1 unspecified atom stereocenters. The summed E-state index contributed by atoms with van der Waals surface area (Å²) in [7, 11) is -5.14. The quantitative estimate of drug-likeness (QED) is 0.311. The molecule has 0 saturated heterocycles. The molecule has 0 aliphatic rings. The van der Waals surface area contributed by atoms with Gasteiger partial charge in [0.1, 0.15) is 11.5 Å². The van der Waals surface area contributed by atoms with Crippen molar-refractivity contribution in [1.82, 2.24) is 0 Å². The van der Waals surface area contributed by atoms with E-state index in [0.29, 0.717) is 0 Å². The Hall–Kier alpha value is -1.67. The van der Waals surface area contributed by atoms with Gasteiger partial charge in [0.05, 0.1) is 5.02 Å². The SMILES string of the molecule is O=S(=O)(O)C(c1ccccc1Cl)(c1ccc(O)cc1Cl)c1c(Cl)ccc(O)c1Cl. The van der Waals surface area contributed by atoms with Crippen molar-refractivity contribution in [2.45, 2.75) is 4.75 Å². The molecule has 3 N–H and O–H groups in total. The molecule has 3 aromatic rings. The van der Waals surface area contributed by atoms with Gasteiger partial charge in [-0.2, -0.15) is 8.42 Å². The van der Waals surface area contributed by atoms with Gasteiger partial charge >= 0.3 is 0 Å². The van der Waals surface area contributed by atoms with E-state index in [4.69, 9.17) is 46.4 Å². The minimum absolute atomic E-state index is 0.0373. The molecule has 0 spiro atoms. The maximum Gasteiger partial charge on any atom is 0.283 e. The van der Waals surface area contributed by atoms with E-state index < -0.39 is 25.6 Å². The van der Waals surface area contributed by atoms with E-state index in [1.54, 1.807) is 6.07 Å². The van der Waals surface area contributed by atoms with Crippen molar-refractivity contribution < 1.29 is 23.2 Å². The third-order valence-corrected chi connectivity index (χ3v) is 7.15. The van der Waals surface area contributed by atoms with E-state index in [1.165, 1.54) is 42.5 Å². The molecule has 1 atom stereocenters. The Morgan fingerprint density at radius 2 is 1.38 bits per heavy atom. The zero-order chi connectivity index (χ0) is 21.6. The predicted octanol–water partition coefficient (Wildman–Crippen LogP) is 5.89. The minimum atomic E-state index is -5.14. The number of phenolic OH excluding ortho intramolecular Hbond substituents is 2. The van der Waals surface area contributed by atoms with Crippen molar-refractivity contribution in [2.24, 2.45) is 0 Å². The summed E-state index contributed by atoms with van der Waals surface area (Å²) in [5.41, 5.74) is -0.628. The Kier molecular flexibility index (Phi) is 5.98. The average Bonchev–Trinajstić information content (AvgIpc) is 2.62. The van der Waals surface area contributed by atoms with Crippen molar-refractivity contribution in [1.29, 1.82) is 0 Å². The van der Waals surface area contributed by atoms with E-state index in [-0.39, 0.29) is 37.5 Å². The van der Waals surface area contributed by atoms with Crippen LogP contribution in [-0.2, 0) is 14.9 Å². The van der Waals surface area contributed by atoms with Crippen molar-refractivity contribution in [3.63, 3.8) is 0 Å². The van der Waals surface area contributed by atoms with E-state index in [1.807, 2.05) is 0 Å². The molecule has 0 radical (unpaired) electrons. The topological polar surface area (TPSA) is 94.8 Å². The molecule has 0 aliphatic carbocycles. The Labute approximate surface area is 186 Å². The Morgan fingerprint density at radius 3 is 1.97 bits per heavy atom. The van der Waals surface area contributed by atoms with Gasteiger partial charge in [0, 0.05) is 31.8 Å². The van der Waals surface area contributed by atoms with Gasteiger partial charge in [-0.05, 0) is 30.3 Å². The fourth-order valence-corrected chi connectivity index (χ4v) is 6.08. The molecule has 3 rings (SSSR count). The number of hydrogen-bond acceptors (Lipinski definition) is 4. The zero-order valence-electron chi connectivity index (χ0n) is 14.3. The van der Waals surface area contributed by atoms with Crippen LogP contribution < -0.4 is 0 Å². The lowest BCUT2D eigenvalue weighted by molar-refractivity contribution is 0.455. The van der Waals surface area contributed by atoms with Crippen LogP contribution in [0.1, 0.15) is 16.7 Å². The van der Waals surface area contributed by atoms with Crippen molar-refractivity contribution >= 4 is 56.5 Å². The molecule has 0 aromatic heterocycles. The molecule has 0 fully saturated rings. The number of aromatic hydroxyl groups is 2. The Balaban J connectivity index is 2.68. The summed E-state index contributed by atoms with van der Waals surface area (Å²) in [5.74, 6) is -0.712. The second kappa shape index (κ2) is 7.87. The lowest BCUT2D eigenvalue weighted by Gasteiger charge is -2.35.